The molecule has 0 spiro atoms. The first-order chi connectivity index (χ1) is 8.77. The van der Waals surface area contributed by atoms with Crippen molar-refractivity contribution in [3.05, 3.63) is 53.3 Å². The highest BCUT2D eigenvalue weighted by Gasteiger charge is 2.13. The largest absolute Gasteiger partial charge is 0.329 e. The number of aromatic nitrogens is 4. The molecule has 0 aliphatic carbocycles. The summed E-state index contributed by atoms with van der Waals surface area (Å²) in [5.74, 6) is 0. The normalized spacial score (nSPS) is 12.7. The van der Waals surface area contributed by atoms with E-state index in [9.17, 15) is 0 Å². The number of pyridine rings is 2. The molecule has 3 aromatic rings. The van der Waals surface area contributed by atoms with Crippen molar-refractivity contribution in [1.29, 1.82) is 0 Å². The topological polar surface area (TPSA) is 46.5 Å². The third-order valence-electron chi connectivity index (χ3n) is 3.02. The van der Waals surface area contributed by atoms with Crippen molar-refractivity contribution in [2.45, 2.75) is 13.0 Å². The van der Waals surface area contributed by atoms with Crippen LogP contribution in [0.3, 0.4) is 0 Å². The molecule has 1 unspecified atom stereocenters. The Hall–Kier alpha value is -2.01. The number of hydrogen-bond acceptors (Lipinski definition) is 3. The number of fused-ring (bicyclic) bond motifs is 1. The fourth-order valence-corrected chi connectivity index (χ4v) is 2.48. The smallest absolute Gasteiger partial charge is 0.178 e. The van der Waals surface area contributed by atoms with Crippen LogP contribution in [0.15, 0.2) is 42.9 Å². The minimum absolute atomic E-state index is 0.0925. The monoisotopic (exact) mass is 256 g/mol. The molecule has 0 saturated heterocycles. The first-order valence-electron chi connectivity index (χ1n) is 5.72. The van der Waals surface area contributed by atoms with Gasteiger partial charge in [0, 0.05) is 12.4 Å². The molecule has 3 rings (SSSR count). The van der Waals surface area contributed by atoms with E-state index >= 15 is 0 Å². The lowest BCUT2D eigenvalue weighted by Crippen LogP contribution is -2.08. The molecule has 0 saturated carbocycles. The van der Waals surface area contributed by atoms with Crippen LogP contribution in [-0.2, 0) is 0 Å². The molecule has 0 aliphatic heterocycles. The molecule has 1 atom stereocenters. The molecule has 18 heavy (non-hydrogen) atoms. The molecule has 0 amide bonds. The maximum Gasteiger partial charge on any atom is 0.178 e. The van der Waals surface area contributed by atoms with Crippen molar-refractivity contribution >= 4 is 23.3 Å². The van der Waals surface area contributed by atoms with Crippen LogP contribution in [0, 0.1) is 4.77 Å². The Morgan fingerprint density at radius 3 is 2.94 bits per heavy atom. The average molecular weight is 256 g/mol. The van der Waals surface area contributed by atoms with Crippen molar-refractivity contribution in [3.8, 4) is 0 Å². The van der Waals surface area contributed by atoms with Gasteiger partial charge in [-0.3, -0.25) is 9.97 Å². The van der Waals surface area contributed by atoms with Gasteiger partial charge in [-0.2, -0.15) is 0 Å². The molecule has 0 fully saturated rings. The maximum atomic E-state index is 5.38. The van der Waals surface area contributed by atoms with Crippen molar-refractivity contribution in [2.75, 3.05) is 0 Å². The summed E-state index contributed by atoms with van der Waals surface area (Å²) >= 11 is 5.38. The second kappa shape index (κ2) is 4.34. The highest BCUT2D eigenvalue weighted by Crippen LogP contribution is 2.22. The lowest BCUT2D eigenvalue weighted by Gasteiger charge is -2.13. The number of H-pyrrole nitrogens is 1. The SMILES string of the molecule is CC(c1ccccn1)n1c(=S)[nH]c2cnccc21. The molecule has 5 heteroatoms. The van der Waals surface area contributed by atoms with Gasteiger partial charge >= 0.3 is 0 Å². The molecule has 0 aliphatic rings. The van der Waals surface area contributed by atoms with Crippen LogP contribution in [-0.4, -0.2) is 19.5 Å². The predicted octanol–water partition coefficient (Wildman–Crippen LogP) is 3.10. The Balaban J connectivity index is 2.20. The summed E-state index contributed by atoms with van der Waals surface area (Å²) in [5, 5.41) is 0. The Morgan fingerprint density at radius 2 is 2.17 bits per heavy atom. The van der Waals surface area contributed by atoms with Gasteiger partial charge in [0.05, 0.1) is 29.0 Å². The van der Waals surface area contributed by atoms with Gasteiger partial charge in [0.25, 0.3) is 0 Å². The minimum Gasteiger partial charge on any atom is -0.329 e. The summed E-state index contributed by atoms with van der Waals surface area (Å²) in [6.07, 6.45) is 5.35. The molecule has 4 nitrogen and oxygen atoms in total. The lowest BCUT2D eigenvalue weighted by molar-refractivity contribution is 0.630. The molecular weight excluding hydrogens is 244 g/mol. The van der Waals surface area contributed by atoms with Gasteiger partial charge in [-0.25, -0.2) is 0 Å². The third-order valence-corrected chi connectivity index (χ3v) is 3.32. The van der Waals surface area contributed by atoms with Crippen LogP contribution in [0.2, 0.25) is 0 Å². The van der Waals surface area contributed by atoms with E-state index in [2.05, 4.69) is 26.4 Å². The number of imidazole rings is 1. The maximum absolute atomic E-state index is 5.38. The molecule has 1 N–H and O–H groups in total. The average Bonchev–Trinajstić information content (AvgIpc) is 2.75. The van der Waals surface area contributed by atoms with Crippen LogP contribution in [0.25, 0.3) is 11.0 Å². The summed E-state index contributed by atoms with van der Waals surface area (Å²) in [7, 11) is 0. The van der Waals surface area contributed by atoms with Gasteiger partial charge in [-0.05, 0) is 37.3 Å². The van der Waals surface area contributed by atoms with Crippen molar-refractivity contribution in [3.63, 3.8) is 0 Å². The number of nitrogens with one attached hydrogen (secondary N) is 1. The van der Waals surface area contributed by atoms with Gasteiger partial charge in [0.1, 0.15) is 0 Å². The van der Waals surface area contributed by atoms with E-state index in [0.29, 0.717) is 4.77 Å². The standard InChI is InChI=1S/C13H12N4S/c1-9(10-4-2-3-6-15-10)17-12-5-7-14-8-11(12)16-13(17)18/h2-9H,1H3,(H,16,18). The van der Waals surface area contributed by atoms with E-state index in [0.717, 1.165) is 16.7 Å². The summed E-state index contributed by atoms with van der Waals surface area (Å²) in [6, 6.07) is 7.95. The Labute approximate surface area is 109 Å². The van der Waals surface area contributed by atoms with Gasteiger partial charge in [0.2, 0.25) is 0 Å². The number of hydrogen-bond donors (Lipinski definition) is 1. The van der Waals surface area contributed by atoms with E-state index < -0.39 is 0 Å². The fourth-order valence-electron chi connectivity index (χ4n) is 2.12. The molecule has 90 valence electrons. The van der Waals surface area contributed by atoms with Crippen LogP contribution in [0.5, 0.6) is 0 Å². The summed E-state index contributed by atoms with van der Waals surface area (Å²) in [6.45, 7) is 2.09. The van der Waals surface area contributed by atoms with Gasteiger partial charge in [-0.1, -0.05) is 6.07 Å². The fraction of sp³-hybridized carbons (Fsp3) is 0.154. The summed E-state index contributed by atoms with van der Waals surface area (Å²) < 4.78 is 2.76. The zero-order valence-electron chi connectivity index (χ0n) is 9.87. The second-order valence-electron chi connectivity index (χ2n) is 4.12. The number of nitrogens with zero attached hydrogens (tertiary/aromatic N) is 3. The van der Waals surface area contributed by atoms with Crippen molar-refractivity contribution < 1.29 is 0 Å². The van der Waals surface area contributed by atoms with E-state index in [-0.39, 0.29) is 6.04 Å². The minimum atomic E-state index is 0.0925. The van der Waals surface area contributed by atoms with Gasteiger partial charge < -0.3 is 9.55 Å². The third kappa shape index (κ3) is 1.73. The number of rotatable bonds is 2. The van der Waals surface area contributed by atoms with E-state index in [1.54, 1.807) is 18.6 Å². The number of aromatic amines is 1. The first-order valence-corrected chi connectivity index (χ1v) is 6.13. The predicted molar refractivity (Wildman–Crippen MR) is 73.0 cm³/mol. The Morgan fingerprint density at radius 1 is 1.28 bits per heavy atom. The van der Waals surface area contributed by atoms with E-state index in [1.807, 2.05) is 24.3 Å². The van der Waals surface area contributed by atoms with Crippen LogP contribution >= 0.6 is 12.2 Å². The molecule has 3 heterocycles. The molecule has 0 radical (unpaired) electrons. The zero-order valence-corrected chi connectivity index (χ0v) is 10.7. The van der Waals surface area contributed by atoms with Gasteiger partial charge in [0.15, 0.2) is 4.77 Å². The molecule has 0 aromatic carbocycles. The highest BCUT2D eigenvalue weighted by molar-refractivity contribution is 7.71. The molecule has 3 aromatic heterocycles. The highest BCUT2D eigenvalue weighted by atomic mass is 32.1. The Bertz CT molecular complexity index is 729. The summed E-state index contributed by atoms with van der Waals surface area (Å²) in [4.78, 5) is 11.6. The quantitative estimate of drug-likeness (QED) is 0.717. The van der Waals surface area contributed by atoms with E-state index in [1.165, 1.54) is 0 Å². The second-order valence-corrected chi connectivity index (χ2v) is 4.51. The van der Waals surface area contributed by atoms with Crippen molar-refractivity contribution in [1.82, 2.24) is 19.5 Å². The summed E-state index contributed by atoms with van der Waals surface area (Å²) in [5.41, 5.74) is 2.99. The van der Waals surface area contributed by atoms with Crippen LogP contribution in [0.1, 0.15) is 18.7 Å². The van der Waals surface area contributed by atoms with Crippen LogP contribution < -0.4 is 0 Å². The molecular formula is C13H12N4S. The molecule has 0 bridgehead atoms. The lowest BCUT2D eigenvalue weighted by atomic mass is 10.2. The van der Waals surface area contributed by atoms with Crippen molar-refractivity contribution in [2.24, 2.45) is 0 Å². The Kier molecular flexibility index (Phi) is 2.68. The van der Waals surface area contributed by atoms with Gasteiger partial charge in [-0.15, -0.1) is 0 Å². The zero-order chi connectivity index (χ0) is 12.5. The van der Waals surface area contributed by atoms with E-state index in [4.69, 9.17) is 12.2 Å². The van der Waals surface area contributed by atoms with Crippen LogP contribution in [0.4, 0.5) is 0 Å². The first kappa shape index (κ1) is 11.1.